The number of amides is 1. The number of benzene rings is 2. The van der Waals surface area contributed by atoms with Crippen LogP contribution in [0.1, 0.15) is 17.2 Å². The lowest BCUT2D eigenvalue weighted by Gasteiger charge is -2.25. The van der Waals surface area contributed by atoms with Crippen LogP contribution in [-0.2, 0) is 4.79 Å². The molecule has 0 radical (unpaired) electrons. The van der Waals surface area contributed by atoms with Crippen molar-refractivity contribution in [3.05, 3.63) is 64.1 Å². The Labute approximate surface area is 169 Å². The molecule has 0 saturated heterocycles. The van der Waals surface area contributed by atoms with E-state index in [4.69, 9.17) is 9.47 Å². The standard InChI is InChI=1S/C21H25BrN2O3/c1-24(2)19(15-5-9-18(26-3)10-6-15)14-23-21(25)12-7-16-13-17(22)8-11-20(16)27-4/h5-13,19H,14H2,1-4H3,(H,23,25)/b12-7+. The smallest absolute Gasteiger partial charge is 0.244 e. The van der Waals surface area contributed by atoms with Gasteiger partial charge in [-0.25, -0.2) is 0 Å². The van der Waals surface area contributed by atoms with E-state index in [1.54, 1.807) is 20.3 Å². The van der Waals surface area contributed by atoms with E-state index in [0.717, 1.165) is 21.3 Å². The summed E-state index contributed by atoms with van der Waals surface area (Å²) in [4.78, 5) is 14.3. The van der Waals surface area contributed by atoms with Gasteiger partial charge in [0.25, 0.3) is 0 Å². The molecule has 27 heavy (non-hydrogen) atoms. The Bertz CT molecular complexity index is 789. The van der Waals surface area contributed by atoms with Crippen LogP contribution < -0.4 is 14.8 Å². The van der Waals surface area contributed by atoms with E-state index in [1.807, 2.05) is 56.6 Å². The van der Waals surface area contributed by atoms with Gasteiger partial charge in [-0.3, -0.25) is 4.79 Å². The SMILES string of the molecule is COc1ccc(C(CNC(=O)/C=C/c2cc(Br)ccc2OC)N(C)C)cc1. The monoisotopic (exact) mass is 432 g/mol. The fourth-order valence-corrected chi connectivity index (χ4v) is 3.06. The van der Waals surface area contributed by atoms with Crippen molar-refractivity contribution in [1.82, 2.24) is 10.2 Å². The van der Waals surface area contributed by atoms with Gasteiger partial charge in [-0.2, -0.15) is 0 Å². The van der Waals surface area contributed by atoms with Crippen LogP contribution in [0.25, 0.3) is 6.08 Å². The molecule has 0 aromatic heterocycles. The summed E-state index contributed by atoms with van der Waals surface area (Å²) in [7, 11) is 7.23. The van der Waals surface area contributed by atoms with E-state index in [9.17, 15) is 4.79 Å². The third-order valence-corrected chi connectivity index (χ3v) is 4.69. The second-order valence-electron chi connectivity index (χ2n) is 6.22. The molecule has 0 saturated carbocycles. The normalized spacial score (nSPS) is 12.2. The maximum Gasteiger partial charge on any atom is 0.244 e. The van der Waals surface area contributed by atoms with Crippen molar-refractivity contribution in [3.63, 3.8) is 0 Å². The van der Waals surface area contributed by atoms with E-state index in [0.29, 0.717) is 12.3 Å². The summed E-state index contributed by atoms with van der Waals surface area (Å²) in [5, 5.41) is 2.96. The van der Waals surface area contributed by atoms with E-state index in [-0.39, 0.29) is 11.9 Å². The van der Waals surface area contributed by atoms with Crippen LogP contribution >= 0.6 is 15.9 Å². The molecular formula is C21H25BrN2O3. The van der Waals surface area contributed by atoms with Gasteiger partial charge in [0, 0.05) is 22.7 Å². The molecule has 0 aliphatic heterocycles. The molecule has 2 rings (SSSR count). The number of nitrogens with zero attached hydrogens (tertiary/aromatic N) is 1. The van der Waals surface area contributed by atoms with Gasteiger partial charge in [-0.05, 0) is 56.1 Å². The highest BCUT2D eigenvalue weighted by atomic mass is 79.9. The van der Waals surface area contributed by atoms with Crippen LogP contribution in [0.2, 0.25) is 0 Å². The molecule has 1 amide bonds. The topological polar surface area (TPSA) is 50.8 Å². The van der Waals surface area contributed by atoms with Crippen molar-refractivity contribution in [3.8, 4) is 11.5 Å². The van der Waals surface area contributed by atoms with Crippen LogP contribution in [0.15, 0.2) is 53.0 Å². The molecule has 0 heterocycles. The van der Waals surface area contributed by atoms with Crippen LogP contribution in [-0.4, -0.2) is 45.7 Å². The Morgan fingerprint density at radius 3 is 2.44 bits per heavy atom. The van der Waals surface area contributed by atoms with Gasteiger partial charge in [0.2, 0.25) is 5.91 Å². The van der Waals surface area contributed by atoms with Gasteiger partial charge in [0.1, 0.15) is 11.5 Å². The van der Waals surface area contributed by atoms with Gasteiger partial charge in [-0.1, -0.05) is 28.1 Å². The van der Waals surface area contributed by atoms with E-state index in [1.165, 1.54) is 6.08 Å². The largest absolute Gasteiger partial charge is 0.497 e. The Hall–Kier alpha value is -2.31. The van der Waals surface area contributed by atoms with Gasteiger partial charge in [-0.15, -0.1) is 0 Å². The van der Waals surface area contributed by atoms with Crippen LogP contribution in [0.3, 0.4) is 0 Å². The number of hydrogen-bond acceptors (Lipinski definition) is 4. The molecule has 0 spiro atoms. The Balaban J connectivity index is 2.02. The Kier molecular flexibility index (Phi) is 7.88. The molecule has 1 unspecified atom stereocenters. The summed E-state index contributed by atoms with van der Waals surface area (Å²) < 4.78 is 11.4. The second kappa shape index (κ2) is 10.1. The van der Waals surface area contributed by atoms with Gasteiger partial charge < -0.3 is 19.7 Å². The maximum atomic E-state index is 12.3. The first-order valence-electron chi connectivity index (χ1n) is 8.54. The number of hydrogen-bond donors (Lipinski definition) is 1. The number of ether oxygens (including phenoxy) is 2. The lowest BCUT2D eigenvalue weighted by molar-refractivity contribution is -0.116. The Morgan fingerprint density at radius 2 is 1.85 bits per heavy atom. The van der Waals surface area contributed by atoms with E-state index < -0.39 is 0 Å². The number of carbonyl (C=O) groups is 1. The number of carbonyl (C=O) groups excluding carboxylic acids is 1. The molecule has 0 bridgehead atoms. The summed E-state index contributed by atoms with van der Waals surface area (Å²) in [5.74, 6) is 1.37. The average molecular weight is 433 g/mol. The highest BCUT2D eigenvalue weighted by molar-refractivity contribution is 9.10. The number of methoxy groups -OCH3 is 2. The lowest BCUT2D eigenvalue weighted by Crippen LogP contribution is -2.33. The highest BCUT2D eigenvalue weighted by Crippen LogP contribution is 2.24. The first-order valence-corrected chi connectivity index (χ1v) is 9.33. The first kappa shape index (κ1) is 21.0. The molecule has 0 aliphatic rings. The molecular weight excluding hydrogens is 408 g/mol. The molecule has 0 aliphatic carbocycles. The quantitative estimate of drug-likeness (QED) is 0.642. The zero-order chi connectivity index (χ0) is 19.8. The minimum atomic E-state index is -0.155. The van der Waals surface area contributed by atoms with Crippen molar-refractivity contribution >= 4 is 27.9 Å². The van der Waals surface area contributed by atoms with Crippen molar-refractivity contribution in [2.24, 2.45) is 0 Å². The third-order valence-electron chi connectivity index (χ3n) is 4.20. The molecule has 2 aromatic rings. The predicted molar refractivity (Wildman–Crippen MR) is 112 cm³/mol. The number of rotatable bonds is 8. The van der Waals surface area contributed by atoms with Gasteiger partial charge in [0.15, 0.2) is 0 Å². The van der Waals surface area contributed by atoms with Gasteiger partial charge >= 0.3 is 0 Å². The van der Waals surface area contributed by atoms with Crippen LogP contribution in [0.4, 0.5) is 0 Å². The summed E-state index contributed by atoms with van der Waals surface area (Å²) in [6.07, 6.45) is 3.27. The highest BCUT2D eigenvalue weighted by Gasteiger charge is 2.15. The second-order valence-corrected chi connectivity index (χ2v) is 7.13. The number of halogens is 1. The summed E-state index contributed by atoms with van der Waals surface area (Å²) in [5.41, 5.74) is 1.94. The van der Waals surface area contributed by atoms with Crippen LogP contribution in [0, 0.1) is 0 Å². The summed E-state index contributed by atoms with van der Waals surface area (Å²) in [6, 6.07) is 13.6. The average Bonchev–Trinajstić information content (AvgIpc) is 2.67. The number of likely N-dealkylation sites (N-methyl/N-ethyl adjacent to an activating group) is 1. The lowest BCUT2D eigenvalue weighted by atomic mass is 10.1. The zero-order valence-corrected chi connectivity index (χ0v) is 17.6. The molecule has 144 valence electrons. The first-order chi connectivity index (χ1) is 12.9. The fraction of sp³-hybridized carbons (Fsp3) is 0.286. The van der Waals surface area contributed by atoms with Crippen molar-refractivity contribution in [1.29, 1.82) is 0 Å². The predicted octanol–water partition coefficient (Wildman–Crippen LogP) is 3.90. The molecule has 0 fully saturated rings. The van der Waals surface area contributed by atoms with Crippen LogP contribution in [0.5, 0.6) is 11.5 Å². The van der Waals surface area contributed by atoms with Crippen molar-refractivity contribution in [2.75, 3.05) is 34.9 Å². The van der Waals surface area contributed by atoms with E-state index >= 15 is 0 Å². The van der Waals surface area contributed by atoms with E-state index in [2.05, 4.69) is 26.1 Å². The molecule has 6 heteroatoms. The van der Waals surface area contributed by atoms with Crippen molar-refractivity contribution in [2.45, 2.75) is 6.04 Å². The summed E-state index contributed by atoms with van der Waals surface area (Å²) in [6.45, 7) is 0.498. The molecule has 1 atom stereocenters. The minimum absolute atomic E-state index is 0.0636. The Morgan fingerprint density at radius 1 is 1.15 bits per heavy atom. The maximum absolute atomic E-state index is 12.3. The molecule has 1 N–H and O–H groups in total. The third kappa shape index (κ3) is 6.12. The summed E-state index contributed by atoms with van der Waals surface area (Å²) >= 11 is 3.43. The molecule has 2 aromatic carbocycles. The van der Waals surface area contributed by atoms with Crippen molar-refractivity contribution < 1.29 is 14.3 Å². The molecule has 5 nitrogen and oxygen atoms in total. The number of nitrogens with one attached hydrogen (secondary N) is 1. The van der Waals surface area contributed by atoms with Gasteiger partial charge in [0.05, 0.1) is 20.3 Å². The zero-order valence-electron chi connectivity index (χ0n) is 16.0. The minimum Gasteiger partial charge on any atom is -0.497 e. The fourth-order valence-electron chi connectivity index (χ4n) is 2.68.